The first-order valence-corrected chi connectivity index (χ1v) is 8.32. The molecule has 1 amide bonds. The van der Waals surface area contributed by atoms with Crippen molar-refractivity contribution in [2.24, 2.45) is 0 Å². The van der Waals surface area contributed by atoms with Gasteiger partial charge in [0.25, 0.3) is 10.0 Å². The molecule has 1 fully saturated rings. The van der Waals surface area contributed by atoms with Crippen LogP contribution in [0.4, 0.5) is 0 Å². The van der Waals surface area contributed by atoms with Crippen LogP contribution in [0.25, 0.3) is 0 Å². The van der Waals surface area contributed by atoms with Crippen LogP contribution in [0.2, 0.25) is 4.47 Å². The average Bonchev–Trinajstić information content (AvgIpc) is 2.96. The normalized spacial score (nSPS) is 20.7. The first-order valence-electron chi connectivity index (χ1n) is 5.68. The van der Waals surface area contributed by atoms with Crippen LogP contribution in [-0.4, -0.2) is 55.2 Å². The molecule has 1 aliphatic heterocycles. The number of hydrogen-bond donors (Lipinski definition) is 0. The Kier molecular flexibility index (Phi) is 4.14. The van der Waals surface area contributed by atoms with E-state index in [1.807, 2.05) is 0 Å². The SMILES string of the molecule is CN(C)C(=O)[C@@H]1CCCN1S(=O)(=O)c1cnc(Cl)s1. The van der Waals surface area contributed by atoms with Crippen LogP contribution in [0.5, 0.6) is 0 Å². The Morgan fingerprint density at radius 2 is 2.26 bits per heavy atom. The highest BCUT2D eigenvalue weighted by Gasteiger charge is 2.40. The van der Waals surface area contributed by atoms with Crippen molar-refractivity contribution in [3.63, 3.8) is 0 Å². The van der Waals surface area contributed by atoms with E-state index in [2.05, 4.69) is 4.98 Å². The molecule has 106 valence electrons. The number of nitrogens with zero attached hydrogens (tertiary/aromatic N) is 3. The summed E-state index contributed by atoms with van der Waals surface area (Å²) in [6.07, 6.45) is 2.46. The largest absolute Gasteiger partial charge is 0.347 e. The van der Waals surface area contributed by atoms with Crippen molar-refractivity contribution < 1.29 is 13.2 Å². The van der Waals surface area contributed by atoms with Gasteiger partial charge in [0.05, 0.1) is 6.20 Å². The molecule has 0 aliphatic carbocycles. The zero-order chi connectivity index (χ0) is 14.2. The number of aromatic nitrogens is 1. The van der Waals surface area contributed by atoms with Crippen molar-refractivity contribution in [1.82, 2.24) is 14.2 Å². The Balaban J connectivity index is 2.32. The molecule has 2 rings (SSSR count). The molecule has 1 aromatic heterocycles. The van der Waals surface area contributed by atoms with E-state index < -0.39 is 16.1 Å². The summed E-state index contributed by atoms with van der Waals surface area (Å²) in [5.74, 6) is -0.198. The van der Waals surface area contributed by atoms with Crippen molar-refractivity contribution in [1.29, 1.82) is 0 Å². The number of thiazole rings is 1. The Labute approximate surface area is 121 Å². The summed E-state index contributed by atoms with van der Waals surface area (Å²) in [6.45, 7) is 0.349. The maximum Gasteiger partial charge on any atom is 0.254 e. The molecule has 1 atom stereocenters. The first kappa shape index (κ1) is 14.7. The minimum atomic E-state index is -3.69. The van der Waals surface area contributed by atoms with Crippen LogP contribution >= 0.6 is 22.9 Å². The molecule has 1 aliphatic rings. The molecule has 19 heavy (non-hydrogen) atoms. The lowest BCUT2D eigenvalue weighted by molar-refractivity contribution is -0.132. The van der Waals surface area contributed by atoms with Crippen LogP contribution in [-0.2, 0) is 14.8 Å². The lowest BCUT2D eigenvalue weighted by Gasteiger charge is -2.24. The molecule has 0 radical (unpaired) electrons. The standard InChI is InChI=1S/C10H14ClN3O3S2/c1-13(2)9(15)7-4-3-5-14(7)19(16,17)8-6-12-10(11)18-8/h6-7H,3-5H2,1-2H3/t7-/m0/s1. The second-order valence-corrected chi connectivity index (χ2v) is 8.17. The van der Waals surface area contributed by atoms with E-state index in [1.165, 1.54) is 15.4 Å². The molecule has 1 saturated heterocycles. The van der Waals surface area contributed by atoms with Gasteiger partial charge in [0.2, 0.25) is 5.91 Å². The van der Waals surface area contributed by atoms with E-state index in [1.54, 1.807) is 14.1 Å². The number of carbonyl (C=O) groups is 1. The highest BCUT2D eigenvalue weighted by atomic mass is 35.5. The van der Waals surface area contributed by atoms with Gasteiger partial charge in [0.15, 0.2) is 8.68 Å². The zero-order valence-corrected chi connectivity index (χ0v) is 12.9. The average molecular weight is 324 g/mol. The summed E-state index contributed by atoms with van der Waals surface area (Å²) >= 11 is 6.58. The van der Waals surface area contributed by atoms with Crippen molar-refractivity contribution in [2.75, 3.05) is 20.6 Å². The summed E-state index contributed by atoms with van der Waals surface area (Å²) in [6, 6.07) is -0.624. The van der Waals surface area contributed by atoms with Gasteiger partial charge < -0.3 is 4.90 Å². The summed E-state index contributed by atoms with van der Waals surface area (Å²) in [5, 5.41) is 0. The van der Waals surface area contributed by atoms with Gasteiger partial charge in [-0.1, -0.05) is 22.9 Å². The Morgan fingerprint density at radius 3 is 2.79 bits per heavy atom. The van der Waals surface area contributed by atoms with Gasteiger partial charge in [-0.05, 0) is 12.8 Å². The molecule has 0 bridgehead atoms. The minimum absolute atomic E-state index is 0.0796. The summed E-state index contributed by atoms with van der Waals surface area (Å²) < 4.78 is 26.4. The van der Waals surface area contributed by atoms with E-state index in [0.29, 0.717) is 19.4 Å². The fourth-order valence-corrected chi connectivity index (χ4v) is 5.12. The lowest BCUT2D eigenvalue weighted by Crippen LogP contribution is -2.45. The maximum absolute atomic E-state index is 12.5. The predicted octanol–water partition coefficient (Wildman–Crippen LogP) is 1.04. The Hall–Kier alpha value is -0.700. The zero-order valence-electron chi connectivity index (χ0n) is 10.5. The van der Waals surface area contributed by atoms with Gasteiger partial charge in [-0.25, -0.2) is 13.4 Å². The second-order valence-electron chi connectivity index (χ2n) is 4.44. The third-order valence-electron chi connectivity index (χ3n) is 2.95. The third-order valence-corrected chi connectivity index (χ3v) is 6.41. The van der Waals surface area contributed by atoms with Gasteiger partial charge in [0.1, 0.15) is 6.04 Å². The molecule has 0 spiro atoms. The number of rotatable bonds is 3. The molecular formula is C10H14ClN3O3S2. The number of amides is 1. The van der Waals surface area contributed by atoms with Crippen LogP contribution in [0.15, 0.2) is 10.4 Å². The third kappa shape index (κ3) is 2.76. The van der Waals surface area contributed by atoms with Crippen molar-refractivity contribution in [3.8, 4) is 0 Å². The molecule has 0 unspecified atom stereocenters. The van der Waals surface area contributed by atoms with Gasteiger partial charge in [-0.15, -0.1) is 0 Å². The van der Waals surface area contributed by atoms with Crippen LogP contribution in [0, 0.1) is 0 Å². The topological polar surface area (TPSA) is 70.6 Å². The van der Waals surface area contributed by atoms with Crippen molar-refractivity contribution >= 4 is 38.9 Å². The number of carbonyl (C=O) groups excluding carboxylic acids is 1. The Bertz CT molecular complexity index is 585. The summed E-state index contributed by atoms with van der Waals surface area (Å²) in [5.41, 5.74) is 0. The number of halogens is 1. The molecule has 2 heterocycles. The van der Waals surface area contributed by atoms with Gasteiger partial charge >= 0.3 is 0 Å². The van der Waals surface area contributed by atoms with Gasteiger partial charge in [-0.3, -0.25) is 4.79 Å². The molecule has 0 N–H and O–H groups in total. The molecule has 1 aromatic rings. The Morgan fingerprint density at radius 1 is 1.58 bits per heavy atom. The van der Waals surface area contributed by atoms with Crippen molar-refractivity contribution in [3.05, 3.63) is 10.7 Å². The fourth-order valence-electron chi connectivity index (χ4n) is 2.05. The highest BCUT2D eigenvalue weighted by Crippen LogP contribution is 2.31. The summed E-state index contributed by atoms with van der Waals surface area (Å²) in [7, 11) is -0.448. The second kappa shape index (κ2) is 5.35. The fraction of sp³-hybridized carbons (Fsp3) is 0.600. The van der Waals surface area contributed by atoms with E-state index in [-0.39, 0.29) is 14.6 Å². The first-order chi connectivity index (χ1) is 8.84. The smallest absolute Gasteiger partial charge is 0.254 e. The molecule has 6 nitrogen and oxygen atoms in total. The molecule has 9 heteroatoms. The van der Waals surface area contributed by atoms with E-state index in [4.69, 9.17) is 11.6 Å². The highest BCUT2D eigenvalue weighted by molar-refractivity contribution is 7.91. The van der Waals surface area contributed by atoms with E-state index in [0.717, 1.165) is 11.3 Å². The monoisotopic (exact) mass is 323 g/mol. The quantitative estimate of drug-likeness (QED) is 0.833. The van der Waals surface area contributed by atoms with Gasteiger partial charge in [-0.2, -0.15) is 4.31 Å². The summed E-state index contributed by atoms with van der Waals surface area (Å²) in [4.78, 5) is 17.2. The van der Waals surface area contributed by atoms with Crippen LogP contribution < -0.4 is 0 Å². The van der Waals surface area contributed by atoms with Crippen LogP contribution in [0.3, 0.4) is 0 Å². The molecule has 0 saturated carbocycles. The van der Waals surface area contributed by atoms with E-state index in [9.17, 15) is 13.2 Å². The predicted molar refractivity (Wildman–Crippen MR) is 72.7 cm³/mol. The minimum Gasteiger partial charge on any atom is -0.347 e. The van der Waals surface area contributed by atoms with Crippen molar-refractivity contribution in [2.45, 2.75) is 23.1 Å². The van der Waals surface area contributed by atoms with Crippen LogP contribution in [0.1, 0.15) is 12.8 Å². The number of likely N-dealkylation sites (N-methyl/N-ethyl adjacent to an activating group) is 1. The lowest BCUT2D eigenvalue weighted by atomic mass is 10.2. The molecular weight excluding hydrogens is 310 g/mol. The number of hydrogen-bond acceptors (Lipinski definition) is 5. The van der Waals surface area contributed by atoms with E-state index >= 15 is 0 Å². The molecule has 0 aromatic carbocycles. The number of sulfonamides is 1. The maximum atomic E-state index is 12.5. The van der Waals surface area contributed by atoms with Gasteiger partial charge in [0, 0.05) is 20.6 Å².